The third kappa shape index (κ3) is 2.57. The van der Waals surface area contributed by atoms with E-state index in [9.17, 15) is 4.79 Å². The lowest BCUT2D eigenvalue weighted by atomic mass is 10.2. The molecule has 0 aromatic carbocycles. The van der Waals surface area contributed by atoms with Gasteiger partial charge in [-0.25, -0.2) is 19.7 Å². The lowest BCUT2D eigenvalue weighted by molar-refractivity contribution is -0.147. The number of carbonyl (C=O) groups is 1. The second-order valence-corrected chi connectivity index (χ2v) is 4.70. The molecule has 1 aliphatic rings. The first-order valence-corrected chi connectivity index (χ1v) is 6.49. The Bertz CT molecular complexity index is 696. The molecule has 2 aromatic heterocycles. The molecule has 0 radical (unpaired) electrons. The van der Waals surface area contributed by atoms with Crippen molar-refractivity contribution in [1.82, 2.24) is 19.5 Å². The number of carbonyl (C=O) groups excluding carboxylic acids is 1. The number of nitrogens with zero attached hydrogens (tertiary/aromatic N) is 4. The van der Waals surface area contributed by atoms with Crippen LogP contribution < -0.4 is 5.73 Å². The number of nitrogens with two attached hydrogens (primary N) is 1. The van der Waals surface area contributed by atoms with E-state index in [4.69, 9.17) is 10.5 Å². The van der Waals surface area contributed by atoms with Gasteiger partial charge < -0.3 is 19.8 Å². The van der Waals surface area contributed by atoms with E-state index in [0.717, 1.165) is 0 Å². The summed E-state index contributed by atoms with van der Waals surface area (Å²) in [4.78, 5) is 23.4. The first kappa shape index (κ1) is 13.5. The summed E-state index contributed by atoms with van der Waals surface area (Å²) in [7, 11) is 1.33. The van der Waals surface area contributed by atoms with E-state index in [-0.39, 0.29) is 24.7 Å². The van der Waals surface area contributed by atoms with Gasteiger partial charge in [-0.2, -0.15) is 0 Å². The normalized spacial score (nSPS) is 21.0. The number of imidazole rings is 1. The molecule has 0 saturated carbocycles. The number of allylic oxidation sites excluding steroid dienone is 1. The van der Waals surface area contributed by atoms with Gasteiger partial charge in [0, 0.05) is 6.42 Å². The Morgan fingerprint density at radius 2 is 2.29 bits per heavy atom. The standard InChI is InChI=1S/C13H15N5O3/c1-20-10(19)5-21-9-3-2-8(4-9)18-7-17-11-12(14)15-6-16-13(11)18/h2-3,6-9H,4-5H2,1H3,(H2,14,15,16)/t8-,9+/m1/s1. The second kappa shape index (κ2) is 5.49. The van der Waals surface area contributed by atoms with E-state index in [1.54, 1.807) is 6.33 Å². The summed E-state index contributed by atoms with van der Waals surface area (Å²) < 4.78 is 11.9. The zero-order valence-corrected chi connectivity index (χ0v) is 11.5. The van der Waals surface area contributed by atoms with Gasteiger partial charge in [-0.1, -0.05) is 12.2 Å². The maximum absolute atomic E-state index is 11.1. The zero-order chi connectivity index (χ0) is 14.8. The maximum atomic E-state index is 11.1. The average molecular weight is 289 g/mol. The Kier molecular flexibility index (Phi) is 3.53. The highest BCUT2D eigenvalue weighted by atomic mass is 16.6. The topological polar surface area (TPSA) is 105 Å². The summed E-state index contributed by atoms with van der Waals surface area (Å²) in [5.41, 5.74) is 7.04. The Labute approximate surface area is 120 Å². The molecule has 1 aliphatic carbocycles. The smallest absolute Gasteiger partial charge is 0.331 e. The molecule has 2 aromatic rings. The van der Waals surface area contributed by atoms with Crippen LogP contribution in [0.25, 0.3) is 11.2 Å². The van der Waals surface area contributed by atoms with Crippen molar-refractivity contribution in [3.05, 3.63) is 24.8 Å². The van der Waals surface area contributed by atoms with Gasteiger partial charge in [0.15, 0.2) is 11.5 Å². The molecule has 21 heavy (non-hydrogen) atoms. The summed E-state index contributed by atoms with van der Waals surface area (Å²) in [6, 6.07) is 0.0620. The molecule has 2 atom stereocenters. The van der Waals surface area contributed by atoms with Crippen LogP contribution in [-0.2, 0) is 14.3 Å². The number of ether oxygens (including phenoxy) is 2. The van der Waals surface area contributed by atoms with E-state index in [2.05, 4.69) is 19.7 Å². The molecule has 0 unspecified atom stereocenters. The Hall–Kier alpha value is -2.48. The fourth-order valence-corrected chi connectivity index (χ4v) is 2.32. The van der Waals surface area contributed by atoms with Crippen molar-refractivity contribution in [2.24, 2.45) is 0 Å². The number of rotatable bonds is 4. The minimum Gasteiger partial charge on any atom is -0.467 e. The number of hydrogen-bond acceptors (Lipinski definition) is 7. The van der Waals surface area contributed by atoms with Crippen LogP contribution in [0.2, 0.25) is 0 Å². The third-order valence-corrected chi connectivity index (χ3v) is 3.41. The van der Waals surface area contributed by atoms with Crippen LogP contribution >= 0.6 is 0 Å². The maximum Gasteiger partial charge on any atom is 0.331 e. The molecule has 2 N–H and O–H groups in total. The molecule has 0 aliphatic heterocycles. The number of aromatic nitrogens is 4. The quantitative estimate of drug-likeness (QED) is 0.644. The van der Waals surface area contributed by atoms with Crippen LogP contribution in [0.15, 0.2) is 24.8 Å². The summed E-state index contributed by atoms with van der Waals surface area (Å²) in [5, 5.41) is 0. The zero-order valence-electron chi connectivity index (χ0n) is 11.5. The lowest BCUT2D eigenvalue weighted by Gasteiger charge is -2.14. The summed E-state index contributed by atoms with van der Waals surface area (Å²) in [6.07, 6.45) is 7.59. The van der Waals surface area contributed by atoms with Crippen molar-refractivity contribution in [3.8, 4) is 0 Å². The molecule has 8 nitrogen and oxygen atoms in total. The molecule has 2 heterocycles. The van der Waals surface area contributed by atoms with Crippen molar-refractivity contribution in [2.75, 3.05) is 19.5 Å². The minimum absolute atomic E-state index is 0.0575. The van der Waals surface area contributed by atoms with Crippen molar-refractivity contribution in [3.63, 3.8) is 0 Å². The average Bonchev–Trinajstić information content (AvgIpc) is 3.11. The molecule has 0 fully saturated rings. The lowest BCUT2D eigenvalue weighted by Crippen LogP contribution is -2.17. The van der Waals surface area contributed by atoms with Gasteiger partial charge in [0.1, 0.15) is 18.5 Å². The van der Waals surface area contributed by atoms with Crippen LogP contribution in [0.3, 0.4) is 0 Å². The number of nitrogen functional groups attached to an aromatic ring is 1. The Morgan fingerprint density at radius 3 is 3.10 bits per heavy atom. The van der Waals surface area contributed by atoms with Gasteiger partial charge in [0.25, 0.3) is 0 Å². The highest BCUT2D eigenvalue weighted by molar-refractivity contribution is 5.81. The fourth-order valence-electron chi connectivity index (χ4n) is 2.32. The Balaban J connectivity index is 1.72. The van der Waals surface area contributed by atoms with Gasteiger partial charge in [-0.15, -0.1) is 0 Å². The highest BCUT2D eigenvalue weighted by Gasteiger charge is 2.23. The van der Waals surface area contributed by atoms with E-state index in [0.29, 0.717) is 23.4 Å². The van der Waals surface area contributed by atoms with Crippen LogP contribution in [0.1, 0.15) is 12.5 Å². The third-order valence-electron chi connectivity index (χ3n) is 3.41. The van der Waals surface area contributed by atoms with Gasteiger partial charge >= 0.3 is 5.97 Å². The van der Waals surface area contributed by atoms with Crippen LogP contribution in [0, 0.1) is 0 Å². The van der Waals surface area contributed by atoms with E-state index < -0.39 is 0 Å². The molecule has 110 valence electrons. The van der Waals surface area contributed by atoms with Crippen molar-refractivity contribution < 1.29 is 14.3 Å². The monoisotopic (exact) mass is 289 g/mol. The number of methoxy groups -OCH3 is 1. The van der Waals surface area contributed by atoms with E-state index >= 15 is 0 Å². The number of anilines is 1. The molecular weight excluding hydrogens is 274 g/mol. The predicted octanol–water partition coefficient (Wildman–Crippen LogP) is 0.468. The molecular formula is C13H15N5O3. The number of fused-ring (bicyclic) bond motifs is 1. The molecule has 0 saturated heterocycles. The molecule has 0 amide bonds. The van der Waals surface area contributed by atoms with Gasteiger partial charge in [-0.3, -0.25) is 0 Å². The summed E-state index contributed by atoms with van der Waals surface area (Å²) in [5.74, 6) is -0.0281. The first-order valence-electron chi connectivity index (χ1n) is 6.49. The number of hydrogen-bond donors (Lipinski definition) is 1. The van der Waals surface area contributed by atoms with Gasteiger partial charge in [0.2, 0.25) is 0 Å². The highest BCUT2D eigenvalue weighted by Crippen LogP contribution is 2.28. The van der Waals surface area contributed by atoms with Crippen molar-refractivity contribution in [1.29, 1.82) is 0 Å². The molecule has 0 bridgehead atoms. The Morgan fingerprint density at radius 1 is 1.43 bits per heavy atom. The molecule has 8 heteroatoms. The second-order valence-electron chi connectivity index (χ2n) is 4.70. The van der Waals surface area contributed by atoms with Crippen LogP contribution in [-0.4, -0.2) is 45.3 Å². The van der Waals surface area contributed by atoms with Crippen LogP contribution in [0.5, 0.6) is 0 Å². The summed E-state index contributed by atoms with van der Waals surface area (Å²) >= 11 is 0. The van der Waals surface area contributed by atoms with Crippen molar-refractivity contribution in [2.45, 2.75) is 18.6 Å². The van der Waals surface area contributed by atoms with E-state index in [1.807, 2.05) is 16.7 Å². The van der Waals surface area contributed by atoms with E-state index in [1.165, 1.54) is 13.4 Å². The predicted molar refractivity (Wildman–Crippen MR) is 74.3 cm³/mol. The molecule has 3 rings (SSSR count). The van der Waals surface area contributed by atoms with Gasteiger partial charge in [0.05, 0.1) is 25.6 Å². The largest absolute Gasteiger partial charge is 0.467 e. The molecule has 0 spiro atoms. The van der Waals surface area contributed by atoms with Gasteiger partial charge in [-0.05, 0) is 0 Å². The fraction of sp³-hybridized carbons (Fsp3) is 0.385. The number of esters is 1. The minimum atomic E-state index is -0.388. The summed E-state index contributed by atoms with van der Waals surface area (Å²) in [6.45, 7) is -0.0575. The first-order chi connectivity index (χ1) is 10.2. The van der Waals surface area contributed by atoms with Crippen LogP contribution in [0.4, 0.5) is 5.82 Å². The van der Waals surface area contributed by atoms with Crippen molar-refractivity contribution >= 4 is 23.0 Å². The SMILES string of the molecule is COC(=O)CO[C@H]1C=C[C@@H](n2cnc3c(N)ncnc32)C1.